The Kier molecular flexibility index (Phi) is 7.57. The molecule has 3 fully saturated rings. The van der Waals surface area contributed by atoms with Crippen molar-refractivity contribution in [2.45, 2.75) is 52.0 Å². The molecule has 7 rings (SSSR count). The monoisotopic (exact) mass is 597 g/mol. The molecule has 3 aliphatic carbocycles. The van der Waals surface area contributed by atoms with Crippen LogP contribution in [0, 0.1) is 40.4 Å². The SMILES string of the molecule is CC1C(CN2C(=O)C(Cc3cncn3C)(Cc3cncn3C)N=C2SCC(=O)c2ccc(C#N)cc2)CC2CC1C2(C)C. The Balaban J connectivity index is 1.32. The Morgan fingerprint density at radius 2 is 1.67 bits per heavy atom. The van der Waals surface area contributed by atoms with Gasteiger partial charge in [0.2, 0.25) is 0 Å². The van der Waals surface area contributed by atoms with Crippen molar-refractivity contribution in [3.63, 3.8) is 0 Å². The number of carbonyl (C=O) groups excluding carboxylic acids is 2. The highest BCUT2D eigenvalue weighted by atomic mass is 32.2. The molecule has 4 aliphatic rings. The third kappa shape index (κ3) is 5.22. The summed E-state index contributed by atoms with van der Waals surface area (Å²) < 4.78 is 3.88. The minimum atomic E-state index is -1.07. The highest BCUT2D eigenvalue weighted by molar-refractivity contribution is 8.14. The molecule has 9 nitrogen and oxygen atoms in total. The number of carbonyl (C=O) groups is 2. The van der Waals surface area contributed by atoms with Gasteiger partial charge in [0.05, 0.1) is 30.0 Å². The zero-order valence-electron chi connectivity index (χ0n) is 25.5. The van der Waals surface area contributed by atoms with E-state index in [2.05, 4.69) is 36.8 Å². The van der Waals surface area contributed by atoms with Crippen molar-refractivity contribution >= 4 is 28.6 Å². The molecule has 4 atom stereocenters. The van der Waals surface area contributed by atoms with Gasteiger partial charge in [-0.3, -0.25) is 14.5 Å². The molecule has 2 bridgehead atoms. The molecule has 2 aromatic heterocycles. The van der Waals surface area contributed by atoms with Crippen LogP contribution < -0.4 is 0 Å². The number of Topliss-reactive ketones (excluding diaryl/α,β-unsaturated/α-hetero) is 1. The van der Waals surface area contributed by atoms with Gasteiger partial charge in [0.1, 0.15) is 0 Å². The number of imidazole rings is 2. The van der Waals surface area contributed by atoms with Crippen molar-refractivity contribution in [3.05, 3.63) is 71.8 Å². The number of nitriles is 1. The lowest BCUT2D eigenvalue weighted by molar-refractivity contribution is -0.141. The van der Waals surface area contributed by atoms with Crippen LogP contribution in [-0.2, 0) is 31.7 Å². The molecule has 43 heavy (non-hydrogen) atoms. The van der Waals surface area contributed by atoms with Crippen LogP contribution in [-0.4, -0.2) is 58.7 Å². The zero-order chi connectivity index (χ0) is 30.5. The topological polar surface area (TPSA) is 109 Å². The van der Waals surface area contributed by atoms with E-state index in [0.717, 1.165) is 17.8 Å². The number of aryl methyl sites for hydroxylation is 2. The van der Waals surface area contributed by atoms with Gasteiger partial charge in [0.25, 0.3) is 5.91 Å². The van der Waals surface area contributed by atoms with Gasteiger partial charge in [0.15, 0.2) is 16.5 Å². The van der Waals surface area contributed by atoms with Crippen molar-refractivity contribution in [1.82, 2.24) is 24.0 Å². The minimum absolute atomic E-state index is 0.0195. The summed E-state index contributed by atoms with van der Waals surface area (Å²) in [7, 11) is 3.87. The average molecular weight is 598 g/mol. The third-order valence-electron chi connectivity index (χ3n) is 10.6. The predicted molar refractivity (Wildman–Crippen MR) is 166 cm³/mol. The predicted octanol–water partition coefficient (Wildman–Crippen LogP) is 4.68. The molecule has 3 aromatic rings. The lowest BCUT2D eigenvalue weighted by atomic mass is 9.43. The summed E-state index contributed by atoms with van der Waals surface area (Å²) in [6.07, 6.45) is 10.3. The molecule has 3 heterocycles. The van der Waals surface area contributed by atoms with Crippen LogP contribution in [0.5, 0.6) is 0 Å². The van der Waals surface area contributed by atoms with Gasteiger partial charge in [0, 0.05) is 62.8 Å². The number of ketones is 1. The van der Waals surface area contributed by atoms with Gasteiger partial charge >= 0.3 is 0 Å². The highest BCUT2D eigenvalue weighted by Crippen LogP contribution is 2.63. The van der Waals surface area contributed by atoms with Crippen molar-refractivity contribution in [2.75, 3.05) is 12.3 Å². The van der Waals surface area contributed by atoms with E-state index in [0.29, 0.717) is 64.8 Å². The molecule has 1 amide bonds. The molecule has 4 unspecified atom stereocenters. The van der Waals surface area contributed by atoms with Gasteiger partial charge in [-0.15, -0.1) is 0 Å². The van der Waals surface area contributed by atoms with Crippen LogP contribution in [0.4, 0.5) is 0 Å². The first-order valence-corrected chi connectivity index (χ1v) is 16.0. The summed E-state index contributed by atoms with van der Waals surface area (Å²) in [5, 5.41) is 9.75. The Bertz CT molecular complexity index is 1570. The molecule has 3 saturated carbocycles. The van der Waals surface area contributed by atoms with Crippen LogP contribution in [0.3, 0.4) is 0 Å². The minimum Gasteiger partial charge on any atom is -0.338 e. The number of aromatic nitrogens is 4. The van der Waals surface area contributed by atoms with Crippen LogP contribution in [0.25, 0.3) is 0 Å². The lowest BCUT2D eigenvalue weighted by Crippen LogP contribution is -2.57. The van der Waals surface area contributed by atoms with E-state index in [9.17, 15) is 9.59 Å². The molecule has 224 valence electrons. The first-order valence-electron chi connectivity index (χ1n) is 15.0. The first kappa shape index (κ1) is 29.4. The van der Waals surface area contributed by atoms with Gasteiger partial charge in [-0.1, -0.05) is 44.7 Å². The maximum Gasteiger partial charge on any atom is 0.257 e. The highest BCUT2D eigenvalue weighted by Gasteiger charge is 2.57. The Hall–Kier alpha value is -3.71. The molecule has 1 aliphatic heterocycles. The van der Waals surface area contributed by atoms with Gasteiger partial charge < -0.3 is 9.13 Å². The summed E-state index contributed by atoms with van der Waals surface area (Å²) in [6.45, 7) is 7.75. The largest absolute Gasteiger partial charge is 0.338 e. The van der Waals surface area contributed by atoms with Crippen molar-refractivity contribution < 1.29 is 9.59 Å². The van der Waals surface area contributed by atoms with Crippen LogP contribution >= 0.6 is 11.8 Å². The number of amides is 1. The van der Waals surface area contributed by atoms with Crippen LogP contribution in [0.2, 0.25) is 0 Å². The Morgan fingerprint density at radius 1 is 1.05 bits per heavy atom. The van der Waals surface area contributed by atoms with E-state index in [1.807, 2.05) is 28.1 Å². The number of thioether (sulfide) groups is 1. The maximum atomic E-state index is 14.7. The number of benzene rings is 1. The van der Waals surface area contributed by atoms with Crippen molar-refractivity contribution in [1.29, 1.82) is 5.26 Å². The fraction of sp³-hybridized carbons (Fsp3) is 0.515. The summed E-state index contributed by atoms with van der Waals surface area (Å²) in [6, 6.07) is 8.79. The van der Waals surface area contributed by atoms with Gasteiger partial charge in [-0.05, 0) is 54.1 Å². The molecular formula is C33H39N7O2S. The fourth-order valence-corrected chi connectivity index (χ4v) is 8.56. The van der Waals surface area contributed by atoms with Crippen LogP contribution in [0.15, 0.2) is 54.3 Å². The van der Waals surface area contributed by atoms with E-state index in [1.54, 1.807) is 49.3 Å². The molecule has 1 aromatic carbocycles. The maximum absolute atomic E-state index is 14.7. The van der Waals surface area contributed by atoms with E-state index < -0.39 is 5.54 Å². The number of rotatable bonds is 9. The molecule has 0 spiro atoms. The standard InChI is InChI=1S/C33H39N7O2S/c1-21-24(10-25-11-28(21)32(25,2)3)17-40-30(42)33(12-26-15-35-19-38(26)4,13-27-16-36-20-39(27)5)37-31(40)43-18-29(41)23-8-6-22(14-34)7-9-23/h6-9,15-16,19-21,24-25,28H,10-13,17-18H2,1-5H3. The average Bonchev–Trinajstić information content (AvgIpc) is 3.66. The first-order chi connectivity index (χ1) is 20.5. The van der Waals surface area contributed by atoms with E-state index in [4.69, 9.17) is 10.3 Å². The van der Waals surface area contributed by atoms with Gasteiger partial charge in [-0.2, -0.15) is 5.26 Å². The summed E-state index contributed by atoms with van der Waals surface area (Å²) in [5.74, 6) is 2.29. The Labute approximate surface area is 257 Å². The Morgan fingerprint density at radius 3 is 2.19 bits per heavy atom. The zero-order valence-corrected chi connectivity index (χ0v) is 26.3. The van der Waals surface area contributed by atoms with Crippen molar-refractivity contribution in [2.24, 2.45) is 48.2 Å². The summed E-state index contributed by atoms with van der Waals surface area (Å²) >= 11 is 1.34. The number of hydrogen-bond acceptors (Lipinski definition) is 7. The smallest absolute Gasteiger partial charge is 0.257 e. The molecule has 0 N–H and O–H groups in total. The van der Waals surface area contributed by atoms with Gasteiger partial charge in [-0.25, -0.2) is 15.0 Å². The quantitative estimate of drug-likeness (QED) is 0.332. The van der Waals surface area contributed by atoms with Crippen LogP contribution in [0.1, 0.15) is 60.9 Å². The number of aliphatic imine (C=N–C) groups is 1. The number of hydrogen-bond donors (Lipinski definition) is 0. The second-order valence-corrected chi connectivity index (χ2v) is 14.2. The fourth-order valence-electron chi connectivity index (χ4n) is 7.58. The van der Waals surface area contributed by atoms with E-state index in [1.165, 1.54) is 18.2 Å². The van der Waals surface area contributed by atoms with E-state index in [-0.39, 0.29) is 17.4 Å². The molecule has 0 radical (unpaired) electrons. The third-order valence-corrected chi connectivity index (χ3v) is 11.5. The molecule has 0 saturated heterocycles. The number of fused-ring (bicyclic) bond motifs is 2. The number of nitrogens with zero attached hydrogens (tertiary/aromatic N) is 7. The summed E-state index contributed by atoms with van der Waals surface area (Å²) in [4.78, 5) is 43.7. The summed E-state index contributed by atoms with van der Waals surface area (Å²) in [5.41, 5.74) is 2.19. The molecule has 10 heteroatoms. The van der Waals surface area contributed by atoms with E-state index >= 15 is 0 Å². The van der Waals surface area contributed by atoms with Crippen molar-refractivity contribution in [3.8, 4) is 6.07 Å². The number of amidine groups is 1. The lowest BCUT2D eigenvalue weighted by Gasteiger charge is -2.62. The normalized spacial score (nSPS) is 25.3. The second kappa shape index (κ2) is 11.1. The molecular weight excluding hydrogens is 558 g/mol. The second-order valence-electron chi connectivity index (χ2n) is 13.3.